The van der Waals surface area contributed by atoms with Crippen molar-refractivity contribution in [1.29, 1.82) is 0 Å². The molecule has 1 fully saturated rings. The molecular formula is C22H28N2O2. The average molecular weight is 352 g/mol. The fraction of sp³-hybridized carbons (Fsp3) is 0.409. The Labute approximate surface area is 156 Å². The SMILES string of the molecule is COC(=O)CCCN1CCN(c2ccc(Cc3ccccc3)cc2)CC1. The second-order valence-electron chi connectivity index (χ2n) is 6.84. The van der Waals surface area contributed by atoms with Gasteiger partial charge in [-0.25, -0.2) is 0 Å². The third kappa shape index (κ3) is 5.33. The Morgan fingerprint density at radius 3 is 2.23 bits per heavy atom. The molecule has 1 aliphatic rings. The van der Waals surface area contributed by atoms with Gasteiger partial charge in [0.15, 0.2) is 0 Å². The quantitative estimate of drug-likeness (QED) is 0.716. The Bertz CT molecular complexity index is 677. The molecule has 0 amide bonds. The molecule has 0 spiro atoms. The highest BCUT2D eigenvalue weighted by atomic mass is 16.5. The van der Waals surface area contributed by atoms with Crippen LogP contribution in [0.1, 0.15) is 24.0 Å². The van der Waals surface area contributed by atoms with E-state index in [0.717, 1.165) is 45.6 Å². The molecular weight excluding hydrogens is 324 g/mol. The first-order valence-electron chi connectivity index (χ1n) is 9.41. The lowest BCUT2D eigenvalue weighted by atomic mass is 10.0. The maximum absolute atomic E-state index is 11.2. The minimum atomic E-state index is -0.112. The summed E-state index contributed by atoms with van der Waals surface area (Å²) in [5.41, 5.74) is 4.00. The van der Waals surface area contributed by atoms with Crippen molar-refractivity contribution in [3.63, 3.8) is 0 Å². The predicted octanol–water partition coefficient (Wildman–Crippen LogP) is 3.35. The van der Waals surface area contributed by atoms with Crippen molar-refractivity contribution in [2.45, 2.75) is 19.3 Å². The maximum Gasteiger partial charge on any atom is 0.305 e. The minimum absolute atomic E-state index is 0.112. The maximum atomic E-state index is 11.2. The Balaban J connectivity index is 1.45. The van der Waals surface area contributed by atoms with Gasteiger partial charge < -0.3 is 9.64 Å². The van der Waals surface area contributed by atoms with Crippen LogP contribution in [0.3, 0.4) is 0 Å². The molecule has 0 unspecified atom stereocenters. The van der Waals surface area contributed by atoms with Gasteiger partial charge in [-0.05, 0) is 42.6 Å². The van der Waals surface area contributed by atoms with E-state index in [1.807, 2.05) is 0 Å². The number of piperazine rings is 1. The smallest absolute Gasteiger partial charge is 0.305 e. The van der Waals surface area contributed by atoms with E-state index in [2.05, 4.69) is 64.4 Å². The molecule has 0 radical (unpaired) electrons. The molecule has 0 atom stereocenters. The number of benzene rings is 2. The number of anilines is 1. The summed E-state index contributed by atoms with van der Waals surface area (Å²) in [6.07, 6.45) is 2.37. The summed E-state index contributed by atoms with van der Waals surface area (Å²) in [5, 5.41) is 0. The molecule has 4 nitrogen and oxygen atoms in total. The third-order valence-corrected chi connectivity index (χ3v) is 5.01. The molecule has 2 aromatic carbocycles. The molecule has 1 aliphatic heterocycles. The van der Waals surface area contributed by atoms with Crippen LogP contribution in [-0.4, -0.2) is 50.7 Å². The predicted molar refractivity (Wildman–Crippen MR) is 106 cm³/mol. The second-order valence-corrected chi connectivity index (χ2v) is 6.84. The Morgan fingerprint density at radius 2 is 1.58 bits per heavy atom. The van der Waals surface area contributed by atoms with Crippen molar-refractivity contribution >= 4 is 11.7 Å². The summed E-state index contributed by atoms with van der Waals surface area (Å²) in [6, 6.07) is 19.6. The van der Waals surface area contributed by atoms with Crippen LogP contribution in [0.4, 0.5) is 5.69 Å². The molecule has 0 aromatic heterocycles. The van der Waals surface area contributed by atoms with E-state index in [4.69, 9.17) is 4.74 Å². The van der Waals surface area contributed by atoms with Gasteiger partial charge in [0.2, 0.25) is 0 Å². The van der Waals surface area contributed by atoms with Crippen LogP contribution in [0.2, 0.25) is 0 Å². The van der Waals surface area contributed by atoms with Crippen LogP contribution in [-0.2, 0) is 16.0 Å². The number of hydrogen-bond donors (Lipinski definition) is 0. The highest BCUT2D eigenvalue weighted by Crippen LogP contribution is 2.19. The first kappa shape index (κ1) is 18.5. The normalized spacial score (nSPS) is 15.0. The molecule has 138 valence electrons. The van der Waals surface area contributed by atoms with Crippen molar-refractivity contribution in [3.05, 3.63) is 65.7 Å². The van der Waals surface area contributed by atoms with Crippen molar-refractivity contribution in [1.82, 2.24) is 4.90 Å². The first-order valence-corrected chi connectivity index (χ1v) is 9.41. The summed E-state index contributed by atoms with van der Waals surface area (Å²) in [7, 11) is 1.45. The summed E-state index contributed by atoms with van der Waals surface area (Å²) in [6.45, 7) is 5.14. The monoisotopic (exact) mass is 352 g/mol. The standard InChI is InChI=1S/C22H28N2O2/c1-26-22(25)8-5-13-23-14-16-24(17-15-23)21-11-9-20(10-12-21)18-19-6-3-2-4-7-19/h2-4,6-7,9-12H,5,8,13-18H2,1H3. The number of nitrogens with zero attached hydrogens (tertiary/aromatic N) is 2. The van der Waals surface area contributed by atoms with E-state index in [1.54, 1.807) is 0 Å². The number of carbonyl (C=O) groups is 1. The zero-order chi connectivity index (χ0) is 18.2. The summed E-state index contributed by atoms with van der Waals surface area (Å²) >= 11 is 0. The first-order chi connectivity index (χ1) is 12.7. The summed E-state index contributed by atoms with van der Waals surface area (Å²) < 4.78 is 4.70. The van der Waals surface area contributed by atoms with Crippen LogP contribution >= 0.6 is 0 Å². The highest BCUT2D eigenvalue weighted by Gasteiger charge is 2.17. The van der Waals surface area contributed by atoms with E-state index < -0.39 is 0 Å². The molecule has 1 heterocycles. The van der Waals surface area contributed by atoms with Gasteiger partial charge in [-0.15, -0.1) is 0 Å². The molecule has 0 aliphatic carbocycles. The fourth-order valence-corrected chi connectivity index (χ4v) is 3.43. The van der Waals surface area contributed by atoms with E-state index in [1.165, 1.54) is 23.9 Å². The van der Waals surface area contributed by atoms with Gasteiger partial charge in [-0.1, -0.05) is 42.5 Å². The summed E-state index contributed by atoms with van der Waals surface area (Å²) in [5.74, 6) is -0.112. The Hall–Kier alpha value is -2.33. The third-order valence-electron chi connectivity index (χ3n) is 5.01. The van der Waals surface area contributed by atoms with Crippen molar-refractivity contribution in [2.24, 2.45) is 0 Å². The minimum Gasteiger partial charge on any atom is -0.469 e. The molecule has 0 bridgehead atoms. The molecule has 26 heavy (non-hydrogen) atoms. The average Bonchev–Trinajstić information content (AvgIpc) is 2.70. The lowest BCUT2D eigenvalue weighted by Gasteiger charge is -2.36. The summed E-state index contributed by atoms with van der Waals surface area (Å²) in [4.78, 5) is 16.1. The van der Waals surface area contributed by atoms with Crippen LogP contribution in [0.15, 0.2) is 54.6 Å². The van der Waals surface area contributed by atoms with Crippen molar-refractivity contribution < 1.29 is 9.53 Å². The molecule has 0 N–H and O–H groups in total. The number of carbonyl (C=O) groups excluding carboxylic acids is 1. The number of rotatable bonds is 7. The van der Waals surface area contributed by atoms with E-state index >= 15 is 0 Å². The fourth-order valence-electron chi connectivity index (χ4n) is 3.43. The van der Waals surface area contributed by atoms with Gasteiger partial charge in [0, 0.05) is 38.3 Å². The number of hydrogen-bond acceptors (Lipinski definition) is 4. The second kappa shape index (κ2) is 9.39. The zero-order valence-corrected chi connectivity index (χ0v) is 15.6. The Morgan fingerprint density at radius 1 is 0.923 bits per heavy atom. The van der Waals surface area contributed by atoms with Crippen LogP contribution in [0.5, 0.6) is 0 Å². The topological polar surface area (TPSA) is 32.8 Å². The molecule has 1 saturated heterocycles. The molecule has 3 rings (SSSR count). The van der Waals surface area contributed by atoms with Gasteiger partial charge in [0.05, 0.1) is 7.11 Å². The number of esters is 1. The van der Waals surface area contributed by atoms with Crippen LogP contribution < -0.4 is 4.90 Å². The van der Waals surface area contributed by atoms with Crippen LogP contribution in [0.25, 0.3) is 0 Å². The molecule has 2 aromatic rings. The molecule has 0 saturated carbocycles. The zero-order valence-electron chi connectivity index (χ0n) is 15.6. The van der Waals surface area contributed by atoms with Crippen LogP contribution in [0, 0.1) is 0 Å². The van der Waals surface area contributed by atoms with E-state index in [0.29, 0.717) is 6.42 Å². The Kier molecular flexibility index (Phi) is 6.67. The highest BCUT2D eigenvalue weighted by molar-refractivity contribution is 5.69. The number of methoxy groups -OCH3 is 1. The van der Waals surface area contributed by atoms with Gasteiger partial charge in [0.25, 0.3) is 0 Å². The van der Waals surface area contributed by atoms with Crippen molar-refractivity contribution in [2.75, 3.05) is 44.7 Å². The van der Waals surface area contributed by atoms with E-state index in [-0.39, 0.29) is 5.97 Å². The van der Waals surface area contributed by atoms with Gasteiger partial charge in [-0.3, -0.25) is 9.69 Å². The largest absolute Gasteiger partial charge is 0.469 e. The lowest BCUT2D eigenvalue weighted by Crippen LogP contribution is -2.46. The van der Waals surface area contributed by atoms with E-state index in [9.17, 15) is 4.79 Å². The number of ether oxygens (including phenoxy) is 1. The van der Waals surface area contributed by atoms with Gasteiger partial charge in [-0.2, -0.15) is 0 Å². The van der Waals surface area contributed by atoms with Crippen molar-refractivity contribution in [3.8, 4) is 0 Å². The molecule has 4 heteroatoms. The van der Waals surface area contributed by atoms with Gasteiger partial charge in [0.1, 0.15) is 0 Å². The van der Waals surface area contributed by atoms with Gasteiger partial charge >= 0.3 is 5.97 Å². The lowest BCUT2D eigenvalue weighted by molar-refractivity contribution is -0.140.